The van der Waals surface area contributed by atoms with Crippen LogP contribution in [0.5, 0.6) is 0 Å². The predicted molar refractivity (Wildman–Crippen MR) is 60.6 cm³/mol. The maximum absolute atomic E-state index is 11.9. The SMILES string of the molecule is CCCC(CC(=O)C1CC1)C(=O)C(C)C. The van der Waals surface area contributed by atoms with E-state index >= 15 is 0 Å². The van der Waals surface area contributed by atoms with Crippen LogP contribution in [-0.4, -0.2) is 11.6 Å². The second-order valence-corrected chi connectivity index (χ2v) is 4.99. The summed E-state index contributed by atoms with van der Waals surface area (Å²) >= 11 is 0. The van der Waals surface area contributed by atoms with Gasteiger partial charge in [0.25, 0.3) is 0 Å². The van der Waals surface area contributed by atoms with Crippen LogP contribution in [0, 0.1) is 17.8 Å². The molecule has 0 spiro atoms. The van der Waals surface area contributed by atoms with Crippen molar-refractivity contribution in [1.82, 2.24) is 0 Å². The molecule has 0 heterocycles. The number of hydrogen-bond donors (Lipinski definition) is 0. The molecule has 0 N–H and O–H groups in total. The van der Waals surface area contributed by atoms with Crippen molar-refractivity contribution >= 4 is 11.6 Å². The number of rotatable bonds is 7. The summed E-state index contributed by atoms with van der Waals surface area (Å²) in [4.78, 5) is 23.5. The van der Waals surface area contributed by atoms with E-state index < -0.39 is 0 Å². The maximum Gasteiger partial charge on any atom is 0.138 e. The fourth-order valence-corrected chi connectivity index (χ4v) is 1.98. The van der Waals surface area contributed by atoms with Crippen LogP contribution in [0.15, 0.2) is 0 Å². The van der Waals surface area contributed by atoms with Gasteiger partial charge in [-0.15, -0.1) is 0 Å². The van der Waals surface area contributed by atoms with E-state index in [1.807, 2.05) is 13.8 Å². The van der Waals surface area contributed by atoms with Crippen molar-refractivity contribution in [2.75, 3.05) is 0 Å². The Morgan fingerprint density at radius 1 is 1.27 bits per heavy atom. The molecule has 1 unspecified atom stereocenters. The summed E-state index contributed by atoms with van der Waals surface area (Å²) < 4.78 is 0. The number of hydrogen-bond acceptors (Lipinski definition) is 2. The summed E-state index contributed by atoms with van der Waals surface area (Å²) in [6.07, 6.45) is 4.45. The zero-order chi connectivity index (χ0) is 11.4. The van der Waals surface area contributed by atoms with Crippen LogP contribution in [0.4, 0.5) is 0 Å². The number of Topliss-reactive ketones (excluding diaryl/α,β-unsaturated/α-hetero) is 2. The number of carbonyl (C=O) groups is 2. The summed E-state index contributed by atoms with van der Waals surface area (Å²) in [5.74, 6) is 0.939. The predicted octanol–water partition coefficient (Wildman–Crippen LogP) is 3.00. The minimum atomic E-state index is -0.0110. The van der Waals surface area contributed by atoms with Crippen LogP contribution in [0.2, 0.25) is 0 Å². The van der Waals surface area contributed by atoms with Crippen molar-refractivity contribution in [3.63, 3.8) is 0 Å². The first-order chi connectivity index (χ1) is 7.06. The highest BCUT2D eigenvalue weighted by molar-refractivity contribution is 5.90. The summed E-state index contributed by atoms with van der Waals surface area (Å²) in [5, 5.41) is 0. The van der Waals surface area contributed by atoms with Crippen LogP contribution in [0.1, 0.15) is 52.9 Å². The van der Waals surface area contributed by atoms with Crippen molar-refractivity contribution in [2.45, 2.75) is 52.9 Å². The fraction of sp³-hybridized carbons (Fsp3) is 0.846. The molecule has 1 atom stereocenters. The molecular formula is C13H22O2. The molecule has 0 bridgehead atoms. The van der Waals surface area contributed by atoms with Gasteiger partial charge in [0, 0.05) is 24.2 Å². The molecular weight excluding hydrogens is 188 g/mol. The van der Waals surface area contributed by atoms with Gasteiger partial charge in [0.05, 0.1) is 0 Å². The standard InChI is InChI=1S/C13H22O2/c1-4-5-11(13(15)9(2)3)8-12(14)10-6-7-10/h9-11H,4-8H2,1-3H3. The molecule has 1 rings (SSSR count). The maximum atomic E-state index is 11.9. The monoisotopic (exact) mass is 210 g/mol. The molecule has 2 heteroatoms. The average Bonchev–Trinajstić information content (AvgIpc) is 2.98. The highest BCUT2D eigenvalue weighted by Gasteiger charge is 2.32. The van der Waals surface area contributed by atoms with Crippen LogP contribution in [0.3, 0.4) is 0 Å². The lowest BCUT2D eigenvalue weighted by molar-refractivity contribution is -0.130. The van der Waals surface area contributed by atoms with Gasteiger partial charge in [-0.2, -0.15) is 0 Å². The second-order valence-electron chi connectivity index (χ2n) is 4.99. The van der Waals surface area contributed by atoms with Gasteiger partial charge in [-0.3, -0.25) is 9.59 Å². The lowest BCUT2D eigenvalue weighted by Gasteiger charge is -2.16. The largest absolute Gasteiger partial charge is 0.299 e. The molecule has 2 nitrogen and oxygen atoms in total. The third-order valence-corrected chi connectivity index (χ3v) is 3.09. The fourth-order valence-electron chi connectivity index (χ4n) is 1.98. The molecule has 0 amide bonds. The molecule has 0 aromatic rings. The van der Waals surface area contributed by atoms with E-state index in [4.69, 9.17) is 0 Å². The third-order valence-electron chi connectivity index (χ3n) is 3.09. The highest BCUT2D eigenvalue weighted by Crippen LogP contribution is 2.33. The van der Waals surface area contributed by atoms with E-state index in [1.54, 1.807) is 0 Å². The van der Waals surface area contributed by atoms with Gasteiger partial charge < -0.3 is 0 Å². The summed E-state index contributed by atoms with van der Waals surface area (Å²) in [6, 6.07) is 0. The third kappa shape index (κ3) is 3.77. The molecule has 1 aliphatic carbocycles. The Hall–Kier alpha value is -0.660. The molecule has 0 saturated heterocycles. The molecule has 0 radical (unpaired) electrons. The van der Waals surface area contributed by atoms with Crippen LogP contribution >= 0.6 is 0 Å². The Bertz CT molecular complexity index is 239. The van der Waals surface area contributed by atoms with Crippen LogP contribution < -0.4 is 0 Å². The zero-order valence-corrected chi connectivity index (χ0v) is 10.1. The number of ketones is 2. The molecule has 1 aliphatic rings. The molecule has 86 valence electrons. The van der Waals surface area contributed by atoms with Crippen molar-refractivity contribution in [3.05, 3.63) is 0 Å². The summed E-state index contributed by atoms with van der Waals surface area (Å²) in [6.45, 7) is 5.92. The Kier molecular flexibility index (Phi) is 4.49. The summed E-state index contributed by atoms with van der Waals surface area (Å²) in [5.41, 5.74) is 0. The lowest BCUT2D eigenvalue weighted by atomic mass is 9.87. The van der Waals surface area contributed by atoms with E-state index in [2.05, 4.69) is 6.92 Å². The molecule has 0 aromatic carbocycles. The normalized spacial score (nSPS) is 17.9. The van der Waals surface area contributed by atoms with E-state index in [0.29, 0.717) is 18.1 Å². The first-order valence-electron chi connectivity index (χ1n) is 6.12. The van der Waals surface area contributed by atoms with Gasteiger partial charge in [0.1, 0.15) is 11.6 Å². The molecule has 0 aliphatic heterocycles. The summed E-state index contributed by atoms with van der Waals surface area (Å²) in [7, 11) is 0. The quantitative estimate of drug-likeness (QED) is 0.647. The molecule has 0 aromatic heterocycles. The van der Waals surface area contributed by atoms with Crippen molar-refractivity contribution in [1.29, 1.82) is 0 Å². The van der Waals surface area contributed by atoms with Gasteiger partial charge >= 0.3 is 0 Å². The van der Waals surface area contributed by atoms with Gasteiger partial charge in [0.15, 0.2) is 0 Å². The van der Waals surface area contributed by atoms with E-state index in [0.717, 1.165) is 25.7 Å². The highest BCUT2D eigenvalue weighted by atomic mass is 16.1. The van der Waals surface area contributed by atoms with Crippen molar-refractivity contribution < 1.29 is 9.59 Å². The van der Waals surface area contributed by atoms with Gasteiger partial charge in [-0.1, -0.05) is 27.2 Å². The Morgan fingerprint density at radius 2 is 1.87 bits per heavy atom. The van der Waals surface area contributed by atoms with E-state index in [-0.39, 0.29) is 17.6 Å². The van der Waals surface area contributed by atoms with Crippen molar-refractivity contribution in [3.8, 4) is 0 Å². The Labute approximate surface area is 92.4 Å². The zero-order valence-electron chi connectivity index (χ0n) is 10.1. The van der Waals surface area contributed by atoms with E-state index in [9.17, 15) is 9.59 Å². The topological polar surface area (TPSA) is 34.1 Å². The minimum absolute atomic E-state index is 0.0110. The molecule has 1 saturated carbocycles. The van der Waals surface area contributed by atoms with Crippen LogP contribution in [0.25, 0.3) is 0 Å². The minimum Gasteiger partial charge on any atom is -0.299 e. The van der Waals surface area contributed by atoms with Gasteiger partial charge in [0.2, 0.25) is 0 Å². The molecule has 15 heavy (non-hydrogen) atoms. The van der Waals surface area contributed by atoms with Crippen molar-refractivity contribution in [2.24, 2.45) is 17.8 Å². The Morgan fingerprint density at radius 3 is 2.27 bits per heavy atom. The second kappa shape index (κ2) is 5.43. The molecule has 1 fully saturated rings. The van der Waals surface area contributed by atoms with Gasteiger partial charge in [-0.25, -0.2) is 0 Å². The average molecular weight is 210 g/mol. The van der Waals surface area contributed by atoms with Crippen LogP contribution in [-0.2, 0) is 9.59 Å². The first-order valence-corrected chi connectivity index (χ1v) is 6.12. The lowest BCUT2D eigenvalue weighted by Crippen LogP contribution is -2.23. The smallest absolute Gasteiger partial charge is 0.138 e. The number of carbonyl (C=O) groups excluding carboxylic acids is 2. The first kappa shape index (κ1) is 12.4. The van der Waals surface area contributed by atoms with E-state index in [1.165, 1.54) is 0 Å². The van der Waals surface area contributed by atoms with Gasteiger partial charge in [-0.05, 0) is 19.3 Å². The Balaban J connectivity index is 2.48.